The number of rotatable bonds is 7. The summed E-state index contributed by atoms with van der Waals surface area (Å²) < 4.78 is 37.9. The van der Waals surface area contributed by atoms with Crippen LogP contribution in [0.5, 0.6) is 11.5 Å². The first kappa shape index (κ1) is 21.2. The van der Waals surface area contributed by atoms with Crippen LogP contribution in [0.25, 0.3) is 0 Å². The lowest BCUT2D eigenvalue weighted by molar-refractivity contribution is 0.136. The Kier molecular flexibility index (Phi) is 6.83. The molecule has 1 N–H and O–H groups in total. The molecule has 0 radical (unpaired) electrons. The highest BCUT2D eigenvalue weighted by Crippen LogP contribution is 2.32. The SMILES string of the molecule is COc1ccc(C=Nn2c(C(F)F)n[nH]c2=S)cc1COc1cccc(Cl)c1Cl. The average Bonchev–Trinajstić information content (AvgIpc) is 3.08. The second-order valence-electron chi connectivity index (χ2n) is 5.66. The minimum absolute atomic E-state index is 0.0378. The number of benzene rings is 2. The fourth-order valence-electron chi connectivity index (χ4n) is 2.42. The monoisotopic (exact) mass is 458 g/mol. The van der Waals surface area contributed by atoms with Crippen LogP contribution in [0.4, 0.5) is 8.78 Å². The second-order valence-corrected chi connectivity index (χ2v) is 6.83. The molecule has 0 fully saturated rings. The van der Waals surface area contributed by atoms with Gasteiger partial charge >= 0.3 is 0 Å². The predicted octanol–water partition coefficient (Wildman–Crippen LogP) is 5.65. The number of hydrogen-bond acceptors (Lipinski definition) is 5. The molecule has 11 heteroatoms. The van der Waals surface area contributed by atoms with Crippen LogP contribution >= 0.6 is 35.4 Å². The van der Waals surface area contributed by atoms with Crippen molar-refractivity contribution in [1.82, 2.24) is 14.9 Å². The predicted molar refractivity (Wildman–Crippen MR) is 109 cm³/mol. The third kappa shape index (κ3) is 4.92. The normalized spacial score (nSPS) is 11.4. The van der Waals surface area contributed by atoms with Crippen LogP contribution in [0.2, 0.25) is 10.0 Å². The zero-order valence-electron chi connectivity index (χ0n) is 14.9. The van der Waals surface area contributed by atoms with E-state index in [1.54, 1.807) is 36.4 Å². The summed E-state index contributed by atoms with van der Waals surface area (Å²) in [5.41, 5.74) is 1.31. The highest BCUT2D eigenvalue weighted by molar-refractivity contribution is 7.71. The van der Waals surface area contributed by atoms with Crippen molar-refractivity contribution in [3.63, 3.8) is 0 Å². The first-order chi connectivity index (χ1) is 13.9. The number of alkyl halides is 2. The van der Waals surface area contributed by atoms with E-state index in [1.165, 1.54) is 13.3 Å². The number of nitrogens with zero attached hydrogens (tertiary/aromatic N) is 3. The minimum Gasteiger partial charge on any atom is -0.496 e. The number of aromatic amines is 1. The molecule has 2 aromatic carbocycles. The molecule has 0 saturated heterocycles. The molecular formula is C18H14Cl2F2N4O2S. The Bertz CT molecular complexity index is 1100. The van der Waals surface area contributed by atoms with Gasteiger partial charge in [0.25, 0.3) is 6.43 Å². The average molecular weight is 459 g/mol. The quantitative estimate of drug-likeness (QED) is 0.366. The van der Waals surface area contributed by atoms with E-state index >= 15 is 0 Å². The molecule has 0 amide bonds. The number of aromatic nitrogens is 3. The molecule has 0 spiro atoms. The molecule has 0 aliphatic rings. The number of ether oxygens (including phenoxy) is 2. The molecule has 0 aliphatic carbocycles. The Morgan fingerprint density at radius 3 is 2.79 bits per heavy atom. The Balaban J connectivity index is 1.85. The molecule has 1 aromatic heterocycles. The molecule has 29 heavy (non-hydrogen) atoms. The molecule has 0 unspecified atom stereocenters. The van der Waals surface area contributed by atoms with Crippen molar-refractivity contribution >= 4 is 41.6 Å². The largest absolute Gasteiger partial charge is 0.496 e. The molecule has 0 bridgehead atoms. The third-order valence-electron chi connectivity index (χ3n) is 3.80. The van der Waals surface area contributed by atoms with Gasteiger partial charge in [-0.2, -0.15) is 14.9 Å². The van der Waals surface area contributed by atoms with E-state index in [9.17, 15) is 8.78 Å². The van der Waals surface area contributed by atoms with Crippen LogP contribution in [0, 0.1) is 4.77 Å². The summed E-state index contributed by atoms with van der Waals surface area (Å²) in [4.78, 5) is 0. The lowest BCUT2D eigenvalue weighted by atomic mass is 10.1. The van der Waals surface area contributed by atoms with E-state index < -0.39 is 12.2 Å². The van der Waals surface area contributed by atoms with Crippen LogP contribution in [0.15, 0.2) is 41.5 Å². The van der Waals surface area contributed by atoms with Gasteiger partial charge in [0.05, 0.1) is 18.3 Å². The van der Waals surface area contributed by atoms with Crippen LogP contribution in [0.1, 0.15) is 23.4 Å². The lowest BCUT2D eigenvalue weighted by Gasteiger charge is -2.12. The van der Waals surface area contributed by atoms with Gasteiger partial charge in [-0.15, -0.1) is 0 Å². The molecule has 152 valence electrons. The Labute approximate surface area is 179 Å². The summed E-state index contributed by atoms with van der Waals surface area (Å²) in [6.07, 6.45) is -1.44. The molecule has 0 aliphatic heterocycles. The number of H-pyrrole nitrogens is 1. The first-order valence-electron chi connectivity index (χ1n) is 8.14. The van der Waals surface area contributed by atoms with Crippen molar-refractivity contribution in [2.75, 3.05) is 7.11 Å². The van der Waals surface area contributed by atoms with Crippen molar-refractivity contribution in [2.45, 2.75) is 13.0 Å². The van der Waals surface area contributed by atoms with Gasteiger partial charge in [0, 0.05) is 5.56 Å². The van der Waals surface area contributed by atoms with Crippen molar-refractivity contribution in [3.8, 4) is 11.5 Å². The maximum absolute atomic E-state index is 13.0. The van der Waals surface area contributed by atoms with Crippen LogP contribution in [-0.4, -0.2) is 28.2 Å². The zero-order chi connectivity index (χ0) is 21.0. The van der Waals surface area contributed by atoms with Gasteiger partial charge in [0.1, 0.15) is 23.1 Å². The van der Waals surface area contributed by atoms with Crippen molar-refractivity contribution < 1.29 is 18.3 Å². The van der Waals surface area contributed by atoms with Gasteiger partial charge in [-0.1, -0.05) is 29.3 Å². The first-order valence-corrected chi connectivity index (χ1v) is 9.30. The van der Waals surface area contributed by atoms with Gasteiger partial charge < -0.3 is 9.47 Å². The van der Waals surface area contributed by atoms with E-state index in [0.717, 1.165) is 4.68 Å². The van der Waals surface area contributed by atoms with E-state index in [0.29, 0.717) is 32.7 Å². The Morgan fingerprint density at radius 1 is 1.28 bits per heavy atom. The van der Waals surface area contributed by atoms with E-state index in [4.69, 9.17) is 44.9 Å². The molecule has 3 rings (SSSR count). The Hall–Kier alpha value is -2.49. The summed E-state index contributed by atoms with van der Waals surface area (Å²) in [6, 6.07) is 10.2. The fourth-order valence-corrected chi connectivity index (χ4v) is 2.96. The van der Waals surface area contributed by atoms with Gasteiger partial charge in [-0.3, -0.25) is 0 Å². The van der Waals surface area contributed by atoms with Crippen LogP contribution < -0.4 is 9.47 Å². The van der Waals surface area contributed by atoms with Crippen molar-refractivity contribution in [3.05, 3.63) is 68.2 Å². The number of hydrogen-bond donors (Lipinski definition) is 1. The van der Waals surface area contributed by atoms with E-state index in [1.807, 2.05) is 0 Å². The summed E-state index contributed by atoms with van der Waals surface area (Å²) in [6.45, 7) is 0.137. The summed E-state index contributed by atoms with van der Waals surface area (Å²) >= 11 is 17.1. The molecule has 3 aromatic rings. The summed E-state index contributed by atoms with van der Waals surface area (Å²) in [5, 5.41) is 10.4. The Morgan fingerprint density at radius 2 is 2.07 bits per heavy atom. The van der Waals surface area contributed by atoms with Gasteiger partial charge in [0.15, 0.2) is 0 Å². The number of methoxy groups -OCH3 is 1. The smallest absolute Gasteiger partial charge is 0.299 e. The van der Waals surface area contributed by atoms with Crippen LogP contribution in [0.3, 0.4) is 0 Å². The fraction of sp³-hybridized carbons (Fsp3) is 0.167. The van der Waals surface area contributed by atoms with Gasteiger partial charge in [-0.25, -0.2) is 13.9 Å². The van der Waals surface area contributed by atoms with Crippen molar-refractivity contribution in [2.24, 2.45) is 5.10 Å². The summed E-state index contributed by atoms with van der Waals surface area (Å²) in [5.74, 6) is 0.430. The van der Waals surface area contributed by atoms with E-state index in [2.05, 4.69) is 15.3 Å². The van der Waals surface area contributed by atoms with Gasteiger partial charge in [-0.05, 0) is 48.1 Å². The minimum atomic E-state index is -2.82. The molecule has 1 heterocycles. The highest BCUT2D eigenvalue weighted by atomic mass is 35.5. The second kappa shape index (κ2) is 9.34. The van der Waals surface area contributed by atoms with Gasteiger partial charge in [0.2, 0.25) is 10.6 Å². The number of halogens is 4. The molecule has 6 nitrogen and oxygen atoms in total. The van der Waals surface area contributed by atoms with E-state index in [-0.39, 0.29) is 11.4 Å². The summed E-state index contributed by atoms with van der Waals surface area (Å²) in [7, 11) is 1.53. The highest BCUT2D eigenvalue weighted by Gasteiger charge is 2.16. The standard InChI is InChI=1S/C18H14Cl2F2N4O2S/c1-27-13-6-5-10(8-23-26-17(16(21)22)24-25-18(26)29)7-11(13)9-28-14-4-2-3-12(19)15(14)20/h2-8,16H,9H2,1H3,(H,25,29). The third-order valence-corrected chi connectivity index (χ3v) is 4.86. The molecule has 0 atom stereocenters. The topological polar surface area (TPSA) is 64.4 Å². The van der Waals surface area contributed by atoms with Crippen molar-refractivity contribution in [1.29, 1.82) is 0 Å². The maximum atomic E-state index is 13.0. The lowest BCUT2D eigenvalue weighted by Crippen LogP contribution is -2.02. The number of nitrogens with one attached hydrogen (secondary N) is 1. The molecule has 0 saturated carbocycles. The molecular weight excluding hydrogens is 445 g/mol. The maximum Gasteiger partial charge on any atom is 0.299 e. The zero-order valence-corrected chi connectivity index (χ0v) is 17.2. The van der Waals surface area contributed by atoms with Crippen LogP contribution in [-0.2, 0) is 6.61 Å².